The Balaban J connectivity index is 1.46. The number of carbonyl (C=O) groups is 1. The number of rotatable bonds is 4. The summed E-state index contributed by atoms with van der Waals surface area (Å²) in [6.07, 6.45) is 4.61. The second-order valence-corrected chi connectivity index (χ2v) is 6.73. The van der Waals surface area contributed by atoms with Crippen LogP contribution in [0.15, 0.2) is 48.0 Å². The average molecular weight is 323 g/mol. The SMILES string of the molecule is O=C(Cc1cccs1)Nc1ccc(-c2cnc3n2CCC3)cc1. The highest BCUT2D eigenvalue weighted by molar-refractivity contribution is 7.10. The third kappa shape index (κ3) is 2.92. The van der Waals surface area contributed by atoms with Crippen molar-refractivity contribution in [1.82, 2.24) is 9.55 Å². The summed E-state index contributed by atoms with van der Waals surface area (Å²) in [5.74, 6) is 1.19. The predicted octanol–water partition coefficient (Wildman–Crippen LogP) is 3.74. The maximum atomic E-state index is 12.0. The molecule has 0 aliphatic carbocycles. The molecule has 1 aromatic carbocycles. The molecule has 4 nitrogen and oxygen atoms in total. The molecule has 0 atom stereocenters. The molecule has 1 aliphatic rings. The van der Waals surface area contributed by atoms with Crippen LogP contribution in [-0.4, -0.2) is 15.5 Å². The maximum Gasteiger partial charge on any atom is 0.229 e. The average Bonchev–Trinajstić information content (AvgIpc) is 3.25. The fourth-order valence-corrected chi connectivity index (χ4v) is 3.69. The van der Waals surface area contributed by atoms with Gasteiger partial charge >= 0.3 is 0 Å². The number of thiophene rings is 1. The fraction of sp³-hybridized carbons (Fsp3) is 0.222. The molecule has 5 heteroatoms. The zero-order chi connectivity index (χ0) is 15.6. The van der Waals surface area contributed by atoms with Gasteiger partial charge in [-0.05, 0) is 35.6 Å². The number of nitrogens with one attached hydrogen (secondary N) is 1. The number of amides is 1. The quantitative estimate of drug-likeness (QED) is 0.795. The first kappa shape index (κ1) is 14.2. The van der Waals surface area contributed by atoms with Gasteiger partial charge in [-0.2, -0.15) is 0 Å². The van der Waals surface area contributed by atoms with E-state index >= 15 is 0 Å². The third-order valence-electron chi connectivity index (χ3n) is 4.10. The van der Waals surface area contributed by atoms with Crippen molar-refractivity contribution in [2.45, 2.75) is 25.8 Å². The van der Waals surface area contributed by atoms with Crippen LogP contribution in [0.1, 0.15) is 17.1 Å². The van der Waals surface area contributed by atoms with Crippen molar-refractivity contribution in [3.05, 3.63) is 58.7 Å². The van der Waals surface area contributed by atoms with Crippen LogP contribution in [0.4, 0.5) is 5.69 Å². The first-order valence-corrected chi connectivity index (χ1v) is 8.64. The van der Waals surface area contributed by atoms with Gasteiger partial charge in [0.1, 0.15) is 5.82 Å². The van der Waals surface area contributed by atoms with E-state index in [0.717, 1.165) is 34.8 Å². The van der Waals surface area contributed by atoms with Crippen molar-refractivity contribution in [2.24, 2.45) is 0 Å². The van der Waals surface area contributed by atoms with Crippen molar-refractivity contribution in [1.29, 1.82) is 0 Å². The van der Waals surface area contributed by atoms with E-state index in [-0.39, 0.29) is 5.91 Å². The van der Waals surface area contributed by atoms with Crippen LogP contribution in [0.25, 0.3) is 11.3 Å². The highest BCUT2D eigenvalue weighted by Gasteiger charge is 2.16. The van der Waals surface area contributed by atoms with Crippen molar-refractivity contribution in [3.8, 4) is 11.3 Å². The Kier molecular flexibility index (Phi) is 3.71. The lowest BCUT2D eigenvalue weighted by Crippen LogP contribution is -2.13. The van der Waals surface area contributed by atoms with Gasteiger partial charge in [0, 0.05) is 23.5 Å². The van der Waals surface area contributed by atoms with E-state index in [1.807, 2.05) is 48.0 Å². The minimum Gasteiger partial charge on any atom is -0.328 e. The van der Waals surface area contributed by atoms with Gasteiger partial charge in [0.15, 0.2) is 0 Å². The molecule has 0 unspecified atom stereocenters. The van der Waals surface area contributed by atoms with Gasteiger partial charge < -0.3 is 9.88 Å². The number of imidazole rings is 1. The number of carbonyl (C=O) groups excluding carboxylic acids is 1. The van der Waals surface area contributed by atoms with E-state index in [1.165, 1.54) is 12.2 Å². The van der Waals surface area contributed by atoms with Crippen LogP contribution in [0.5, 0.6) is 0 Å². The largest absolute Gasteiger partial charge is 0.328 e. The molecule has 0 spiro atoms. The standard InChI is InChI=1S/C18H17N3OS/c22-18(11-15-3-2-10-23-15)20-14-7-5-13(6-8-14)16-12-19-17-4-1-9-21(16)17/h2-3,5-8,10,12H,1,4,9,11H2,(H,20,22). The van der Waals surface area contributed by atoms with Crippen molar-refractivity contribution >= 4 is 22.9 Å². The predicted molar refractivity (Wildman–Crippen MR) is 92.6 cm³/mol. The van der Waals surface area contributed by atoms with Gasteiger partial charge in [0.25, 0.3) is 0 Å². The summed E-state index contributed by atoms with van der Waals surface area (Å²) in [6.45, 7) is 1.05. The first-order valence-electron chi connectivity index (χ1n) is 7.77. The number of aryl methyl sites for hydroxylation is 1. The van der Waals surface area contributed by atoms with Gasteiger partial charge in [-0.15, -0.1) is 11.3 Å². The van der Waals surface area contributed by atoms with Crippen LogP contribution < -0.4 is 5.32 Å². The van der Waals surface area contributed by atoms with Crippen LogP contribution in [0.2, 0.25) is 0 Å². The second kappa shape index (κ2) is 6.01. The number of benzene rings is 1. The normalized spacial score (nSPS) is 13.0. The fourth-order valence-electron chi connectivity index (χ4n) is 2.99. The number of aromatic nitrogens is 2. The molecule has 4 rings (SSSR count). The molecule has 0 bridgehead atoms. The maximum absolute atomic E-state index is 12.0. The number of hydrogen-bond acceptors (Lipinski definition) is 3. The molecular formula is C18H17N3OS. The molecule has 1 amide bonds. The van der Waals surface area contributed by atoms with Gasteiger partial charge in [0.2, 0.25) is 5.91 Å². The summed E-state index contributed by atoms with van der Waals surface area (Å²) in [7, 11) is 0. The summed E-state index contributed by atoms with van der Waals surface area (Å²) in [5.41, 5.74) is 3.13. The van der Waals surface area contributed by atoms with Crippen LogP contribution in [0.3, 0.4) is 0 Å². The van der Waals surface area contributed by atoms with E-state index in [9.17, 15) is 4.79 Å². The molecule has 1 N–H and O–H groups in total. The Labute approximate surface area is 138 Å². The summed E-state index contributed by atoms with van der Waals surface area (Å²) in [4.78, 5) is 17.6. The molecule has 2 aromatic heterocycles. The van der Waals surface area contributed by atoms with Gasteiger partial charge in [0.05, 0.1) is 18.3 Å². The van der Waals surface area contributed by atoms with Crippen LogP contribution in [-0.2, 0) is 24.2 Å². The lowest BCUT2D eigenvalue weighted by molar-refractivity contribution is -0.115. The zero-order valence-corrected chi connectivity index (χ0v) is 13.5. The summed E-state index contributed by atoms with van der Waals surface area (Å²) in [5, 5.41) is 4.94. The molecule has 3 heterocycles. The molecule has 0 radical (unpaired) electrons. The number of anilines is 1. The molecule has 23 heavy (non-hydrogen) atoms. The van der Waals surface area contributed by atoms with E-state index in [1.54, 1.807) is 11.3 Å². The van der Waals surface area contributed by atoms with E-state index in [2.05, 4.69) is 14.9 Å². The van der Waals surface area contributed by atoms with Gasteiger partial charge in [-0.25, -0.2) is 4.98 Å². The van der Waals surface area contributed by atoms with Crippen molar-refractivity contribution in [3.63, 3.8) is 0 Å². The molecule has 0 saturated heterocycles. The highest BCUT2D eigenvalue weighted by Crippen LogP contribution is 2.26. The van der Waals surface area contributed by atoms with Gasteiger partial charge in [-0.3, -0.25) is 4.79 Å². The van der Waals surface area contributed by atoms with Crippen LogP contribution >= 0.6 is 11.3 Å². The Morgan fingerprint density at radius 2 is 2.13 bits per heavy atom. The third-order valence-corrected chi connectivity index (χ3v) is 4.98. The first-order chi connectivity index (χ1) is 11.3. The summed E-state index contributed by atoms with van der Waals surface area (Å²) >= 11 is 1.60. The van der Waals surface area contributed by atoms with Crippen molar-refractivity contribution < 1.29 is 4.79 Å². The van der Waals surface area contributed by atoms with Crippen molar-refractivity contribution in [2.75, 3.05) is 5.32 Å². The number of fused-ring (bicyclic) bond motifs is 1. The number of nitrogens with zero attached hydrogens (tertiary/aromatic N) is 2. The minimum atomic E-state index is 0.0189. The molecule has 116 valence electrons. The molecule has 1 aliphatic heterocycles. The summed E-state index contributed by atoms with van der Waals surface area (Å²) < 4.78 is 2.28. The topological polar surface area (TPSA) is 46.9 Å². The monoisotopic (exact) mass is 323 g/mol. The lowest BCUT2D eigenvalue weighted by Gasteiger charge is -2.08. The smallest absolute Gasteiger partial charge is 0.229 e. The Morgan fingerprint density at radius 3 is 2.91 bits per heavy atom. The Hall–Kier alpha value is -2.40. The molecule has 3 aromatic rings. The summed E-state index contributed by atoms with van der Waals surface area (Å²) in [6, 6.07) is 11.9. The van der Waals surface area contributed by atoms with E-state index < -0.39 is 0 Å². The highest BCUT2D eigenvalue weighted by atomic mass is 32.1. The van der Waals surface area contributed by atoms with Gasteiger partial charge in [-0.1, -0.05) is 18.2 Å². The number of hydrogen-bond donors (Lipinski definition) is 1. The molecule has 0 fully saturated rings. The Bertz CT molecular complexity index is 819. The Morgan fingerprint density at radius 1 is 1.26 bits per heavy atom. The molecule has 0 saturated carbocycles. The second-order valence-electron chi connectivity index (χ2n) is 5.70. The molecular weight excluding hydrogens is 306 g/mol. The van der Waals surface area contributed by atoms with Crippen LogP contribution in [0, 0.1) is 0 Å². The van der Waals surface area contributed by atoms with E-state index in [4.69, 9.17) is 0 Å². The zero-order valence-electron chi connectivity index (χ0n) is 12.7. The minimum absolute atomic E-state index is 0.0189. The lowest BCUT2D eigenvalue weighted by atomic mass is 10.1. The van der Waals surface area contributed by atoms with E-state index in [0.29, 0.717) is 6.42 Å².